The first kappa shape index (κ1) is 33.6. The van der Waals surface area contributed by atoms with Gasteiger partial charge < -0.3 is 10.6 Å². The standard InChI is InChI=1S/C52H36N6/c1-3-10-38(11-4-1)50-56-51(39-12-5-2-6-13-39)58-52(57-50)40-21-15-33(16-22-40)41-23-18-35-25-28-44(53-47(35)31-41)42-24-19-36-26-29-45(54-48(36)32-42)46-30-27-37-20-17-34-9-7-8-14-43(34)49(37)55-46/h1-32,46,50,55H,(H,56,57,58). The first-order chi connectivity index (χ1) is 28.7. The van der Waals surface area contributed by atoms with Crippen LogP contribution >= 0.6 is 0 Å². The number of pyridine rings is 2. The van der Waals surface area contributed by atoms with E-state index in [0.717, 1.165) is 78.1 Å². The molecule has 7 aromatic carbocycles. The lowest BCUT2D eigenvalue weighted by molar-refractivity contribution is 0.674. The van der Waals surface area contributed by atoms with E-state index in [1.54, 1.807) is 0 Å². The molecule has 6 heteroatoms. The molecule has 9 aromatic rings. The van der Waals surface area contributed by atoms with Gasteiger partial charge in [0.05, 0.1) is 34.2 Å². The van der Waals surface area contributed by atoms with Gasteiger partial charge in [0.1, 0.15) is 12.0 Å². The van der Waals surface area contributed by atoms with Gasteiger partial charge in [-0.3, -0.25) is 4.98 Å². The number of aromatic nitrogens is 2. The number of fused-ring (bicyclic) bond motifs is 5. The van der Waals surface area contributed by atoms with Gasteiger partial charge in [-0.25, -0.2) is 15.0 Å². The number of nitrogens with one attached hydrogen (secondary N) is 2. The minimum absolute atomic E-state index is 0.0311. The predicted molar refractivity (Wildman–Crippen MR) is 239 cm³/mol. The summed E-state index contributed by atoms with van der Waals surface area (Å²) < 4.78 is 0. The van der Waals surface area contributed by atoms with Gasteiger partial charge in [0, 0.05) is 32.8 Å². The van der Waals surface area contributed by atoms with Crippen molar-refractivity contribution in [3.8, 4) is 22.4 Å². The summed E-state index contributed by atoms with van der Waals surface area (Å²) in [6.07, 6.45) is 4.16. The summed E-state index contributed by atoms with van der Waals surface area (Å²) in [6.45, 7) is 0. The van der Waals surface area contributed by atoms with Gasteiger partial charge in [-0.05, 0) is 51.9 Å². The van der Waals surface area contributed by atoms with Crippen LogP contribution in [0, 0.1) is 0 Å². The monoisotopic (exact) mass is 744 g/mol. The molecule has 2 unspecified atom stereocenters. The maximum Gasteiger partial charge on any atom is 0.159 e. The maximum absolute atomic E-state index is 5.18. The van der Waals surface area contributed by atoms with Gasteiger partial charge in [0.2, 0.25) is 0 Å². The van der Waals surface area contributed by atoms with Crippen LogP contribution < -0.4 is 10.6 Å². The zero-order valence-corrected chi connectivity index (χ0v) is 31.4. The molecule has 2 N–H and O–H groups in total. The largest absolute Gasteiger partial charge is 0.372 e. The van der Waals surface area contributed by atoms with Gasteiger partial charge in [-0.2, -0.15) is 0 Å². The highest BCUT2D eigenvalue weighted by Crippen LogP contribution is 2.36. The molecule has 0 saturated heterocycles. The summed E-state index contributed by atoms with van der Waals surface area (Å²) in [5, 5.41) is 12.0. The molecule has 0 fully saturated rings. The van der Waals surface area contributed by atoms with Crippen LogP contribution in [0.2, 0.25) is 0 Å². The SMILES string of the molecule is C1=CC(c2ccc3ccc(-c4ccc5ccc(-c6ccc(C7=NC(c8ccccc8)=NC(c8ccccc8)N7)cc6)cc5n4)cc3n2)Nc2c1ccc1ccccc21. The average molecular weight is 745 g/mol. The Balaban J connectivity index is 0.870. The summed E-state index contributed by atoms with van der Waals surface area (Å²) in [7, 11) is 0. The van der Waals surface area contributed by atoms with Crippen LogP contribution in [-0.4, -0.2) is 21.6 Å². The Morgan fingerprint density at radius 2 is 1.12 bits per heavy atom. The van der Waals surface area contributed by atoms with Crippen molar-refractivity contribution >= 4 is 56.0 Å². The average Bonchev–Trinajstić information content (AvgIpc) is 3.31. The summed E-state index contributed by atoms with van der Waals surface area (Å²) in [6, 6.07) is 63.3. The molecule has 274 valence electrons. The number of amidine groups is 2. The fourth-order valence-electron chi connectivity index (χ4n) is 8.03. The number of anilines is 1. The molecule has 2 aliphatic heterocycles. The molecular weight excluding hydrogens is 709 g/mol. The third-order valence-corrected chi connectivity index (χ3v) is 11.1. The second-order valence-electron chi connectivity index (χ2n) is 14.8. The van der Waals surface area contributed by atoms with Gasteiger partial charge in [-0.15, -0.1) is 0 Å². The predicted octanol–water partition coefficient (Wildman–Crippen LogP) is 11.9. The Kier molecular flexibility index (Phi) is 8.18. The van der Waals surface area contributed by atoms with Crippen molar-refractivity contribution in [1.82, 2.24) is 15.3 Å². The molecule has 2 atom stereocenters. The molecule has 58 heavy (non-hydrogen) atoms. The van der Waals surface area contributed by atoms with E-state index >= 15 is 0 Å². The second kappa shape index (κ2) is 14.1. The Labute approximate surface area is 336 Å². The van der Waals surface area contributed by atoms with E-state index < -0.39 is 0 Å². The van der Waals surface area contributed by atoms with Crippen molar-refractivity contribution in [3.05, 3.63) is 216 Å². The van der Waals surface area contributed by atoms with Crippen LogP contribution in [0.1, 0.15) is 40.2 Å². The molecule has 0 aliphatic carbocycles. The van der Waals surface area contributed by atoms with Crippen LogP contribution in [0.4, 0.5) is 5.69 Å². The van der Waals surface area contributed by atoms with Crippen LogP contribution in [-0.2, 0) is 0 Å². The highest BCUT2D eigenvalue weighted by Gasteiger charge is 2.21. The third-order valence-electron chi connectivity index (χ3n) is 11.1. The van der Waals surface area contributed by atoms with E-state index in [1.807, 2.05) is 36.4 Å². The minimum Gasteiger partial charge on any atom is -0.372 e. The van der Waals surface area contributed by atoms with Crippen molar-refractivity contribution in [2.75, 3.05) is 5.32 Å². The lowest BCUT2D eigenvalue weighted by atomic mass is 9.98. The first-order valence-corrected chi connectivity index (χ1v) is 19.6. The highest BCUT2D eigenvalue weighted by molar-refractivity contribution is 6.13. The lowest BCUT2D eigenvalue weighted by Gasteiger charge is -2.24. The van der Waals surface area contributed by atoms with Gasteiger partial charge in [-0.1, -0.05) is 170 Å². The summed E-state index contributed by atoms with van der Waals surface area (Å²) in [4.78, 5) is 20.3. The van der Waals surface area contributed by atoms with Crippen LogP contribution in [0.15, 0.2) is 198 Å². The molecule has 6 nitrogen and oxygen atoms in total. The maximum atomic E-state index is 5.18. The van der Waals surface area contributed by atoms with Crippen LogP contribution in [0.5, 0.6) is 0 Å². The quantitative estimate of drug-likeness (QED) is 0.178. The summed E-state index contributed by atoms with van der Waals surface area (Å²) in [5.41, 5.74) is 12.4. The molecule has 0 bridgehead atoms. The van der Waals surface area contributed by atoms with Crippen molar-refractivity contribution < 1.29 is 0 Å². The van der Waals surface area contributed by atoms with E-state index in [1.165, 1.54) is 16.3 Å². The Morgan fingerprint density at radius 1 is 0.466 bits per heavy atom. The highest BCUT2D eigenvalue weighted by atomic mass is 15.2. The molecule has 11 rings (SSSR count). The molecule has 0 saturated carbocycles. The van der Waals surface area contributed by atoms with Gasteiger partial charge in [0.15, 0.2) is 5.84 Å². The van der Waals surface area contributed by atoms with E-state index in [2.05, 4.69) is 168 Å². The molecule has 2 aromatic heterocycles. The zero-order valence-electron chi connectivity index (χ0n) is 31.4. The fraction of sp³-hybridized carbons (Fsp3) is 0.0385. The topological polar surface area (TPSA) is 74.6 Å². The molecule has 4 heterocycles. The summed E-state index contributed by atoms with van der Waals surface area (Å²) in [5.74, 6) is 1.51. The van der Waals surface area contributed by atoms with E-state index in [-0.39, 0.29) is 12.2 Å². The normalized spacial score (nSPS) is 16.0. The molecule has 0 amide bonds. The number of hydrogen-bond acceptors (Lipinski definition) is 6. The number of aliphatic imine (C=N–C) groups is 2. The van der Waals surface area contributed by atoms with Crippen molar-refractivity contribution in [2.24, 2.45) is 9.98 Å². The fourth-order valence-corrected chi connectivity index (χ4v) is 8.03. The Morgan fingerprint density at radius 3 is 1.97 bits per heavy atom. The Hall–Kier alpha value is -7.70. The van der Waals surface area contributed by atoms with Crippen molar-refractivity contribution in [3.63, 3.8) is 0 Å². The van der Waals surface area contributed by atoms with Gasteiger partial charge >= 0.3 is 0 Å². The molecular formula is C52H36N6. The van der Waals surface area contributed by atoms with Crippen molar-refractivity contribution in [2.45, 2.75) is 12.2 Å². The number of nitrogens with zero attached hydrogens (tertiary/aromatic N) is 4. The van der Waals surface area contributed by atoms with Gasteiger partial charge in [0.25, 0.3) is 0 Å². The third kappa shape index (κ3) is 6.27. The number of benzene rings is 7. The Bertz CT molecular complexity index is 3110. The molecule has 0 radical (unpaired) electrons. The summed E-state index contributed by atoms with van der Waals surface area (Å²) >= 11 is 0. The minimum atomic E-state index is -0.241. The molecule has 2 aliphatic rings. The van der Waals surface area contributed by atoms with Crippen LogP contribution in [0.25, 0.3) is 61.0 Å². The van der Waals surface area contributed by atoms with Crippen molar-refractivity contribution in [1.29, 1.82) is 0 Å². The van der Waals surface area contributed by atoms with E-state index in [4.69, 9.17) is 20.0 Å². The second-order valence-corrected chi connectivity index (χ2v) is 14.8. The molecule has 0 spiro atoms. The number of rotatable bonds is 6. The van der Waals surface area contributed by atoms with Crippen LogP contribution in [0.3, 0.4) is 0 Å². The van der Waals surface area contributed by atoms with E-state index in [9.17, 15) is 0 Å². The lowest BCUT2D eigenvalue weighted by Crippen LogP contribution is -2.33. The zero-order chi connectivity index (χ0) is 38.4. The van der Waals surface area contributed by atoms with E-state index in [0.29, 0.717) is 5.84 Å². The smallest absolute Gasteiger partial charge is 0.159 e. The first-order valence-electron chi connectivity index (χ1n) is 19.6. The number of hydrogen-bond donors (Lipinski definition) is 2.